The van der Waals surface area contributed by atoms with Crippen LogP contribution < -0.4 is 10.5 Å². The molecule has 0 amide bonds. The maximum absolute atomic E-state index is 12.5. The zero-order chi connectivity index (χ0) is 15.6. The first-order valence-electron chi connectivity index (χ1n) is 6.42. The van der Waals surface area contributed by atoms with Gasteiger partial charge in [0.1, 0.15) is 5.82 Å². The Morgan fingerprint density at radius 3 is 2.76 bits per heavy atom. The van der Waals surface area contributed by atoms with Gasteiger partial charge in [-0.15, -0.1) is 0 Å². The molecule has 8 heteroatoms. The first-order valence-corrected chi connectivity index (χ1v) is 8.28. The highest BCUT2D eigenvalue weighted by Gasteiger charge is 2.24. The third-order valence-electron chi connectivity index (χ3n) is 3.14. The van der Waals surface area contributed by atoms with E-state index in [1.165, 1.54) is 6.07 Å². The highest BCUT2D eigenvalue weighted by Crippen LogP contribution is 2.27. The predicted octanol–water partition coefficient (Wildman–Crippen LogP) is 2.38. The lowest BCUT2D eigenvalue weighted by Gasteiger charge is -2.16. The Morgan fingerprint density at radius 1 is 1.48 bits per heavy atom. The third-order valence-corrected chi connectivity index (χ3v) is 5.08. The summed E-state index contributed by atoms with van der Waals surface area (Å²) in [6.07, 6.45) is 3.80. The van der Waals surface area contributed by atoms with Crippen LogP contribution in [0.15, 0.2) is 29.4 Å². The molecule has 1 heterocycles. The molecule has 4 N–H and O–H groups in total. The SMILES string of the molecule is CCC(NS(=O)(=O)c1cc(N)c(Cl)cc1C)c1ncc[nH]1. The van der Waals surface area contributed by atoms with Gasteiger partial charge < -0.3 is 10.7 Å². The molecule has 0 aliphatic rings. The normalized spacial score (nSPS) is 13.3. The summed E-state index contributed by atoms with van der Waals surface area (Å²) in [5.74, 6) is 0.570. The summed E-state index contributed by atoms with van der Waals surface area (Å²) in [6, 6.07) is 2.48. The average Bonchev–Trinajstić information content (AvgIpc) is 2.94. The molecule has 2 aromatic rings. The second kappa shape index (κ2) is 6.05. The Balaban J connectivity index is 2.36. The summed E-state index contributed by atoms with van der Waals surface area (Å²) in [4.78, 5) is 7.12. The highest BCUT2D eigenvalue weighted by atomic mass is 35.5. The number of anilines is 1. The number of nitrogens with two attached hydrogens (primary N) is 1. The molecule has 2 rings (SSSR count). The predicted molar refractivity (Wildman–Crippen MR) is 82.5 cm³/mol. The highest BCUT2D eigenvalue weighted by molar-refractivity contribution is 7.89. The van der Waals surface area contributed by atoms with Gasteiger partial charge in [-0.05, 0) is 31.0 Å². The van der Waals surface area contributed by atoms with E-state index in [-0.39, 0.29) is 10.6 Å². The number of imidazole rings is 1. The summed E-state index contributed by atoms with van der Waals surface area (Å²) >= 11 is 5.90. The summed E-state index contributed by atoms with van der Waals surface area (Å²) in [7, 11) is -3.72. The molecular formula is C13H17ClN4O2S. The number of nitrogens with one attached hydrogen (secondary N) is 2. The maximum Gasteiger partial charge on any atom is 0.241 e. The first-order chi connectivity index (χ1) is 9.85. The van der Waals surface area contributed by atoms with Crippen LogP contribution in [0.1, 0.15) is 30.8 Å². The summed E-state index contributed by atoms with van der Waals surface area (Å²) in [5.41, 5.74) is 6.47. The van der Waals surface area contributed by atoms with E-state index in [4.69, 9.17) is 17.3 Å². The van der Waals surface area contributed by atoms with Crippen LogP contribution in [-0.4, -0.2) is 18.4 Å². The summed E-state index contributed by atoms with van der Waals surface area (Å²) < 4.78 is 27.7. The lowest BCUT2D eigenvalue weighted by Crippen LogP contribution is -2.29. The smallest absolute Gasteiger partial charge is 0.241 e. The topological polar surface area (TPSA) is 101 Å². The van der Waals surface area contributed by atoms with Crippen molar-refractivity contribution in [3.8, 4) is 0 Å². The zero-order valence-electron chi connectivity index (χ0n) is 11.7. The van der Waals surface area contributed by atoms with Gasteiger partial charge >= 0.3 is 0 Å². The van der Waals surface area contributed by atoms with E-state index in [1.54, 1.807) is 25.4 Å². The number of rotatable bonds is 5. The quantitative estimate of drug-likeness (QED) is 0.733. The fourth-order valence-electron chi connectivity index (χ4n) is 2.01. The van der Waals surface area contributed by atoms with Crippen LogP contribution in [0.3, 0.4) is 0 Å². The lowest BCUT2D eigenvalue weighted by atomic mass is 10.2. The Kier molecular flexibility index (Phi) is 4.55. The van der Waals surface area contributed by atoms with Gasteiger partial charge in [0.2, 0.25) is 10.0 Å². The van der Waals surface area contributed by atoms with Crippen LogP contribution in [0.5, 0.6) is 0 Å². The standard InChI is InChI=1S/C13H17ClN4O2S/c1-3-11(13-16-4-5-17-13)18-21(19,20)12-7-10(15)9(14)6-8(12)2/h4-7,11,18H,3,15H2,1-2H3,(H,16,17). The molecule has 0 aliphatic heterocycles. The number of aryl methyl sites for hydroxylation is 1. The maximum atomic E-state index is 12.5. The second-order valence-corrected chi connectivity index (χ2v) is 6.79. The number of hydrogen-bond donors (Lipinski definition) is 3. The van der Waals surface area contributed by atoms with Crippen molar-refractivity contribution in [2.24, 2.45) is 0 Å². The number of sulfonamides is 1. The Bertz CT molecular complexity index is 729. The molecule has 114 valence electrons. The Morgan fingerprint density at radius 2 is 2.19 bits per heavy atom. The van der Waals surface area contributed by atoms with Crippen LogP contribution in [-0.2, 0) is 10.0 Å². The monoisotopic (exact) mass is 328 g/mol. The molecule has 1 atom stereocenters. The molecular weight excluding hydrogens is 312 g/mol. The van der Waals surface area contributed by atoms with Gasteiger partial charge in [0, 0.05) is 12.4 Å². The number of aromatic amines is 1. The van der Waals surface area contributed by atoms with Gasteiger partial charge in [-0.25, -0.2) is 18.1 Å². The van der Waals surface area contributed by atoms with Crippen LogP contribution in [0.4, 0.5) is 5.69 Å². The Labute approximate surface area is 128 Å². The van der Waals surface area contributed by atoms with E-state index in [1.807, 2.05) is 6.92 Å². The first kappa shape index (κ1) is 15.8. The molecule has 1 unspecified atom stereocenters. The van der Waals surface area contributed by atoms with Crippen molar-refractivity contribution < 1.29 is 8.42 Å². The van der Waals surface area contributed by atoms with Crippen molar-refractivity contribution in [2.75, 3.05) is 5.73 Å². The van der Waals surface area contributed by atoms with E-state index in [2.05, 4.69) is 14.7 Å². The van der Waals surface area contributed by atoms with Crippen LogP contribution in [0, 0.1) is 6.92 Å². The molecule has 21 heavy (non-hydrogen) atoms. The van der Waals surface area contributed by atoms with Crippen molar-refractivity contribution >= 4 is 27.3 Å². The second-order valence-electron chi connectivity index (χ2n) is 4.70. The van der Waals surface area contributed by atoms with E-state index in [9.17, 15) is 8.42 Å². The van der Waals surface area contributed by atoms with E-state index in [0.717, 1.165) is 0 Å². The zero-order valence-corrected chi connectivity index (χ0v) is 13.3. The van der Waals surface area contributed by atoms with Crippen molar-refractivity contribution in [2.45, 2.75) is 31.2 Å². The Hall–Kier alpha value is -1.57. The van der Waals surface area contributed by atoms with Crippen LogP contribution in [0.2, 0.25) is 5.02 Å². The van der Waals surface area contributed by atoms with Gasteiger partial charge in [0.15, 0.2) is 0 Å². The van der Waals surface area contributed by atoms with E-state index in [0.29, 0.717) is 22.8 Å². The van der Waals surface area contributed by atoms with Crippen molar-refractivity contribution in [1.82, 2.24) is 14.7 Å². The number of halogens is 1. The van der Waals surface area contributed by atoms with E-state index >= 15 is 0 Å². The summed E-state index contributed by atoms with van der Waals surface area (Å²) in [5, 5.41) is 0.338. The molecule has 0 fully saturated rings. The lowest BCUT2D eigenvalue weighted by molar-refractivity contribution is 0.539. The number of nitrogen functional groups attached to an aromatic ring is 1. The number of aromatic nitrogens is 2. The minimum absolute atomic E-state index is 0.120. The van der Waals surface area contributed by atoms with Gasteiger partial charge in [0.25, 0.3) is 0 Å². The van der Waals surface area contributed by atoms with Crippen LogP contribution in [0.25, 0.3) is 0 Å². The third kappa shape index (κ3) is 3.37. The molecule has 1 aromatic carbocycles. The van der Waals surface area contributed by atoms with Crippen molar-refractivity contribution in [3.63, 3.8) is 0 Å². The van der Waals surface area contributed by atoms with Gasteiger partial charge in [-0.2, -0.15) is 0 Å². The molecule has 0 radical (unpaired) electrons. The molecule has 1 aromatic heterocycles. The minimum Gasteiger partial charge on any atom is -0.397 e. The average molecular weight is 329 g/mol. The van der Waals surface area contributed by atoms with Gasteiger partial charge in [-0.3, -0.25) is 0 Å². The molecule has 0 aliphatic carbocycles. The molecule has 6 nitrogen and oxygen atoms in total. The number of hydrogen-bond acceptors (Lipinski definition) is 4. The summed E-state index contributed by atoms with van der Waals surface area (Å²) in [6.45, 7) is 3.55. The molecule has 0 spiro atoms. The molecule has 0 saturated carbocycles. The van der Waals surface area contributed by atoms with Crippen molar-refractivity contribution in [1.29, 1.82) is 0 Å². The molecule has 0 bridgehead atoms. The van der Waals surface area contributed by atoms with Gasteiger partial charge in [0.05, 0.1) is 21.6 Å². The van der Waals surface area contributed by atoms with E-state index < -0.39 is 16.1 Å². The fraction of sp³-hybridized carbons (Fsp3) is 0.308. The number of nitrogens with zero attached hydrogens (tertiary/aromatic N) is 1. The fourth-order valence-corrected chi connectivity index (χ4v) is 3.77. The van der Waals surface area contributed by atoms with Crippen LogP contribution >= 0.6 is 11.6 Å². The number of H-pyrrole nitrogens is 1. The molecule has 0 saturated heterocycles. The number of benzene rings is 1. The largest absolute Gasteiger partial charge is 0.397 e. The minimum atomic E-state index is -3.72. The van der Waals surface area contributed by atoms with Crippen molar-refractivity contribution in [3.05, 3.63) is 40.9 Å². The van der Waals surface area contributed by atoms with Gasteiger partial charge in [-0.1, -0.05) is 18.5 Å².